The number of benzene rings is 7. The molecule has 0 amide bonds. The molecule has 10 rings (SSSR count). The van der Waals surface area contributed by atoms with E-state index in [1.165, 1.54) is 39.2 Å². The molecule has 0 bridgehead atoms. The lowest BCUT2D eigenvalue weighted by molar-refractivity contribution is 0.669. The standard InChI is InChI=1S/C48H34N2O/c1-3-13-33(14-4-1)35-25-29-41-40-18-8-11-21-45(40)50(46(41)31-35)44-20-10-7-17-39(44)34-23-26-37(27-24-34)49(36-15-5-2-6-16-36)38-28-30-43-42-19-9-12-22-47(42)51-48(43)32-38/h1-32,41,46H. The van der Waals surface area contributed by atoms with E-state index in [4.69, 9.17) is 4.42 Å². The average Bonchev–Trinajstić information content (AvgIpc) is 3.74. The third-order valence-electron chi connectivity index (χ3n) is 10.4. The Morgan fingerprint density at radius 3 is 1.98 bits per heavy atom. The van der Waals surface area contributed by atoms with Crippen LogP contribution in [0.15, 0.2) is 199 Å². The van der Waals surface area contributed by atoms with E-state index >= 15 is 0 Å². The number of para-hydroxylation sites is 4. The van der Waals surface area contributed by atoms with Crippen LogP contribution in [-0.2, 0) is 0 Å². The van der Waals surface area contributed by atoms with Gasteiger partial charge in [0.15, 0.2) is 0 Å². The number of rotatable bonds is 6. The monoisotopic (exact) mass is 654 g/mol. The van der Waals surface area contributed by atoms with Gasteiger partial charge in [0.05, 0.1) is 6.04 Å². The second kappa shape index (κ2) is 12.1. The Hall–Kier alpha value is -6.58. The van der Waals surface area contributed by atoms with Crippen LogP contribution in [0.2, 0.25) is 0 Å². The molecule has 1 aliphatic heterocycles. The van der Waals surface area contributed by atoms with Gasteiger partial charge in [-0.1, -0.05) is 133 Å². The van der Waals surface area contributed by atoms with Crippen LogP contribution in [0.3, 0.4) is 0 Å². The largest absolute Gasteiger partial charge is 0.456 e. The smallest absolute Gasteiger partial charge is 0.137 e. The average molecular weight is 655 g/mol. The topological polar surface area (TPSA) is 19.6 Å². The van der Waals surface area contributed by atoms with Gasteiger partial charge in [-0.05, 0) is 76.9 Å². The van der Waals surface area contributed by atoms with E-state index in [1.807, 2.05) is 12.1 Å². The minimum atomic E-state index is 0.171. The van der Waals surface area contributed by atoms with Gasteiger partial charge in [-0.25, -0.2) is 0 Å². The molecule has 2 atom stereocenters. The summed E-state index contributed by atoms with van der Waals surface area (Å²) >= 11 is 0. The third kappa shape index (κ3) is 4.97. The molecule has 2 unspecified atom stereocenters. The number of furan rings is 1. The van der Waals surface area contributed by atoms with Gasteiger partial charge in [-0.2, -0.15) is 0 Å². The van der Waals surface area contributed by atoms with Gasteiger partial charge in [0, 0.05) is 56.8 Å². The molecule has 2 aliphatic rings. The molecule has 51 heavy (non-hydrogen) atoms. The van der Waals surface area contributed by atoms with Gasteiger partial charge in [0.25, 0.3) is 0 Å². The summed E-state index contributed by atoms with van der Waals surface area (Å²) in [6.07, 6.45) is 7.15. The van der Waals surface area contributed by atoms with Crippen LogP contribution in [0.5, 0.6) is 0 Å². The third-order valence-corrected chi connectivity index (χ3v) is 10.4. The molecule has 1 aliphatic carbocycles. The molecule has 3 heteroatoms. The molecule has 0 saturated heterocycles. The number of anilines is 5. The van der Waals surface area contributed by atoms with Crippen LogP contribution in [0.4, 0.5) is 28.4 Å². The fourth-order valence-electron chi connectivity index (χ4n) is 8.05. The number of fused-ring (bicyclic) bond motifs is 6. The highest BCUT2D eigenvalue weighted by atomic mass is 16.3. The van der Waals surface area contributed by atoms with E-state index in [0.717, 1.165) is 39.0 Å². The molecule has 1 aromatic heterocycles. The molecular weight excluding hydrogens is 621 g/mol. The van der Waals surface area contributed by atoms with Crippen LogP contribution in [-0.4, -0.2) is 6.04 Å². The predicted octanol–water partition coefficient (Wildman–Crippen LogP) is 13.0. The van der Waals surface area contributed by atoms with Gasteiger partial charge in [0.2, 0.25) is 0 Å². The summed E-state index contributed by atoms with van der Waals surface area (Å²) in [5.41, 5.74) is 13.7. The zero-order valence-corrected chi connectivity index (χ0v) is 27.9. The minimum Gasteiger partial charge on any atom is -0.456 e. The molecule has 0 spiro atoms. The van der Waals surface area contributed by atoms with E-state index in [9.17, 15) is 0 Å². The maximum absolute atomic E-state index is 6.31. The summed E-state index contributed by atoms with van der Waals surface area (Å²) in [6, 6.07) is 62.9. The normalized spacial score (nSPS) is 16.2. The molecule has 2 heterocycles. The molecular formula is C48H34N2O. The maximum Gasteiger partial charge on any atom is 0.137 e. The van der Waals surface area contributed by atoms with E-state index in [-0.39, 0.29) is 12.0 Å². The first-order valence-electron chi connectivity index (χ1n) is 17.6. The minimum absolute atomic E-state index is 0.171. The lowest BCUT2D eigenvalue weighted by atomic mass is 9.86. The van der Waals surface area contributed by atoms with E-state index in [0.29, 0.717) is 0 Å². The first kappa shape index (κ1) is 29.3. The van der Waals surface area contributed by atoms with Crippen molar-refractivity contribution in [1.29, 1.82) is 0 Å². The van der Waals surface area contributed by atoms with Crippen LogP contribution in [0.1, 0.15) is 17.0 Å². The van der Waals surface area contributed by atoms with Crippen molar-refractivity contribution in [2.75, 3.05) is 9.80 Å². The van der Waals surface area contributed by atoms with Crippen LogP contribution < -0.4 is 9.80 Å². The van der Waals surface area contributed by atoms with Crippen molar-refractivity contribution < 1.29 is 4.42 Å². The molecule has 0 fully saturated rings. The number of hydrogen-bond donors (Lipinski definition) is 0. The first-order valence-corrected chi connectivity index (χ1v) is 17.6. The molecule has 0 N–H and O–H groups in total. The summed E-state index contributed by atoms with van der Waals surface area (Å²) in [6.45, 7) is 0. The number of nitrogens with zero attached hydrogens (tertiary/aromatic N) is 2. The second-order valence-electron chi connectivity index (χ2n) is 13.3. The number of allylic oxidation sites excluding steroid dienone is 2. The van der Waals surface area contributed by atoms with Crippen LogP contribution in [0, 0.1) is 0 Å². The SMILES string of the molecule is C1=CC2c3ccccc3N(c3ccccc3-c3ccc(N(c4ccccc4)c4ccc5c(c4)oc4ccccc45)cc3)C2C=C1c1ccccc1. The van der Waals surface area contributed by atoms with E-state index in [2.05, 4.69) is 192 Å². The Labute approximate surface area is 297 Å². The molecule has 0 radical (unpaired) electrons. The van der Waals surface area contributed by atoms with Crippen molar-refractivity contribution in [3.05, 3.63) is 205 Å². The Kier molecular flexibility index (Phi) is 6.95. The van der Waals surface area contributed by atoms with Crippen molar-refractivity contribution in [3.8, 4) is 11.1 Å². The highest BCUT2D eigenvalue weighted by Gasteiger charge is 2.39. The van der Waals surface area contributed by atoms with Gasteiger partial charge in [-0.15, -0.1) is 0 Å². The first-order chi connectivity index (χ1) is 25.3. The zero-order chi connectivity index (χ0) is 33.7. The molecule has 8 aromatic rings. The van der Waals surface area contributed by atoms with Crippen LogP contribution >= 0.6 is 0 Å². The van der Waals surface area contributed by atoms with Crippen molar-refractivity contribution in [2.24, 2.45) is 0 Å². The van der Waals surface area contributed by atoms with Crippen LogP contribution in [0.25, 0.3) is 38.6 Å². The fraction of sp³-hybridized carbons (Fsp3) is 0.0417. The molecule has 3 nitrogen and oxygen atoms in total. The molecule has 0 saturated carbocycles. The van der Waals surface area contributed by atoms with Crippen molar-refractivity contribution in [1.82, 2.24) is 0 Å². The van der Waals surface area contributed by atoms with Gasteiger partial charge >= 0.3 is 0 Å². The van der Waals surface area contributed by atoms with E-state index < -0.39 is 0 Å². The van der Waals surface area contributed by atoms with Crippen molar-refractivity contribution >= 4 is 55.9 Å². The predicted molar refractivity (Wildman–Crippen MR) is 213 cm³/mol. The Balaban J connectivity index is 1.05. The second-order valence-corrected chi connectivity index (χ2v) is 13.3. The molecule has 7 aromatic carbocycles. The Morgan fingerprint density at radius 1 is 0.490 bits per heavy atom. The summed E-state index contributed by atoms with van der Waals surface area (Å²) in [5.74, 6) is 0.285. The van der Waals surface area contributed by atoms with Gasteiger partial charge in [0.1, 0.15) is 11.2 Å². The Bertz CT molecular complexity index is 2600. The van der Waals surface area contributed by atoms with Crippen molar-refractivity contribution in [3.63, 3.8) is 0 Å². The highest BCUT2D eigenvalue weighted by Crippen LogP contribution is 2.51. The van der Waals surface area contributed by atoms with Gasteiger partial charge in [-0.3, -0.25) is 0 Å². The quantitative estimate of drug-likeness (QED) is 0.178. The van der Waals surface area contributed by atoms with E-state index in [1.54, 1.807) is 0 Å². The fourth-order valence-corrected chi connectivity index (χ4v) is 8.05. The van der Waals surface area contributed by atoms with Crippen molar-refractivity contribution in [2.45, 2.75) is 12.0 Å². The Morgan fingerprint density at radius 2 is 1.14 bits per heavy atom. The summed E-state index contributed by atoms with van der Waals surface area (Å²) in [4.78, 5) is 4.85. The lowest BCUT2D eigenvalue weighted by Crippen LogP contribution is -2.29. The van der Waals surface area contributed by atoms with Gasteiger partial charge < -0.3 is 14.2 Å². The highest BCUT2D eigenvalue weighted by molar-refractivity contribution is 6.06. The zero-order valence-electron chi connectivity index (χ0n) is 27.9. The lowest BCUT2D eigenvalue weighted by Gasteiger charge is -2.32. The summed E-state index contributed by atoms with van der Waals surface area (Å²) in [5, 5.41) is 2.26. The molecule has 242 valence electrons. The number of hydrogen-bond acceptors (Lipinski definition) is 3. The maximum atomic E-state index is 6.31. The summed E-state index contributed by atoms with van der Waals surface area (Å²) < 4.78 is 6.31. The summed E-state index contributed by atoms with van der Waals surface area (Å²) in [7, 11) is 0.